The molecular formula is C21H23N5O. The number of aryl methyl sites for hydroxylation is 1. The Morgan fingerprint density at radius 2 is 2.19 bits per heavy atom. The maximum atomic E-state index is 13.1. The van der Waals surface area contributed by atoms with Crippen LogP contribution in [0.3, 0.4) is 0 Å². The normalized spacial score (nSPS) is 17.2. The van der Waals surface area contributed by atoms with E-state index in [-0.39, 0.29) is 18.4 Å². The standard InChI is InChI=1S/C21H23N5O/c1-15-18(12-22)17-7-3-4-8-19(17)26(15)14-20(27)25-10-5-6-16(13-25)21-23-9-11-24(21)2/h3-4,7-9,11,16H,5-6,10,13-14H2,1-2H3/t16-/m1/s1. The van der Waals surface area contributed by atoms with Gasteiger partial charge in [0.1, 0.15) is 18.4 Å². The Kier molecular flexibility index (Phi) is 4.44. The summed E-state index contributed by atoms with van der Waals surface area (Å²) in [5, 5.41) is 10.4. The van der Waals surface area contributed by atoms with Crippen molar-refractivity contribution >= 4 is 16.8 Å². The van der Waals surface area contributed by atoms with Crippen molar-refractivity contribution in [1.29, 1.82) is 5.26 Å². The smallest absolute Gasteiger partial charge is 0.242 e. The lowest BCUT2D eigenvalue weighted by atomic mass is 9.97. The second-order valence-electron chi connectivity index (χ2n) is 7.25. The number of benzene rings is 1. The zero-order valence-corrected chi connectivity index (χ0v) is 15.7. The number of nitrogens with zero attached hydrogens (tertiary/aromatic N) is 5. The maximum absolute atomic E-state index is 13.1. The fourth-order valence-corrected chi connectivity index (χ4v) is 4.20. The summed E-state index contributed by atoms with van der Waals surface area (Å²) in [5.41, 5.74) is 2.45. The molecule has 1 atom stereocenters. The molecule has 27 heavy (non-hydrogen) atoms. The van der Waals surface area contributed by atoms with Crippen LogP contribution in [0.15, 0.2) is 36.7 Å². The summed E-state index contributed by atoms with van der Waals surface area (Å²) < 4.78 is 4.02. The SMILES string of the molecule is Cc1c(C#N)c2ccccc2n1CC(=O)N1CCC[C@@H](c2nccn2C)C1. The van der Waals surface area contributed by atoms with Crippen molar-refractivity contribution in [3.63, 3.8) is 0 Å². The van der Waals surface area contributed by atoms with Crippen molar-refractivity contribution in [3.05, 3.63) is 53.7 Å². The zero-order chi connectivity index (χ0) is 19.0. The summed E-state index contributed by atoms with van der Waals surface area (Å²) >= 11 is 0. The first-order chi connectivity index (χ1) is 13.1. The number of hydrogen-bond donors (Lipinski definition) is 0. The van der Waals surface area contributed by atoms with Gasteiger partial charge < -0.3 is 14.0 Å². The van der Waals surface area contributed by atoms with Gasteiger partial charge in [-0.25, -0.2) is 4.98 Å². The maximum Gasteiger partial charge on any atom is 0.242 e. The van der Waals surface area contributed by atoms with Crippen LogP contribution in [-0.4, -0.2) is 38.0 Å². The molecule has 0 unspecified atom stereocenters. The molecule has 1 aliphatic heterocycles. The molecule has 0 aliphatic carbocycles. The first kappa shape index (κ1) is 17.3. The molecule has 0 N–H and O–H groups in total. The van der Waals surface area contributed by atoms with Gasteiger partial charge in [0.2, 0.25) is 5.91 Å². The molecular weight excluding hydrogens is 338 g/mol. The monoisotopic (exact) mass is 361 g/mol. The lowest BCUT2D eigenvalue weighted by Gasteiger charge is -2.32. The van der Waals surface area contributed by atoms with Gasteiger partial charge in [0.25, 0.3) is 0 Å². The Bertz CT molecular complexity index is 1040. The molecule has 0 saturated carbocycles. The van der Waals surface area contributed by atoms with Crippen LogP contribution in [0.4, 0.5) is 0 Å². The van der Waals surface area contributed by atoms with Crippen molar-refractivity contribution in [3.8, 4) is 6.07 Å². The quantitative estimate of drug-likeness (QED) is 0.720. The molecule has 4 rings (SSSR count). The third-order valence-corrected chi connectivity index (χ3v) is 5.63. The van der Waals surface area contributed by atoms with Crippen LogP contribution in [0.25, 0.3) is 10.9 Å². The molecule has 6 nitrogen and oxygen atoms in total. The number of hydrogen-bond acceptors (Lipinski definition) is 3. The average molecular weight is 361 g/mol. The number of carbonyl (C=O) groups excluding carboxylic acids is 1. The number of nitriles is 1. The number of piperidine rings is 1. The van der Waals surface area contributed by atoms with E-state index in [0.29, 0.717) is 12.1 Å². The summed E-state index contributed by atoms with van der Waals surface area (Å²) in [6, 6.07) is 10.1. The van der Waals surface area contributed by atoms with Crippen molar-refractivity contribution < 1.29 is 4.79 Å². The highest BCUT2D eigenvalue weighted by Gasteiger charge is 2.27. The summed E-state index contributed by atoms with van der Waals surface area (Å²) in [6.45, 7) is 3.66. The van der Waals surface area contributed by atoms with E-state index >= 15 is 0 Å². The van der Waals surface area contributed by atoms with Gasteiger partial charge in [-0.05, 0) is 25.8 Å². The molecule has 0 radical (unpaired) electrons. The Labute approximate surface area is 158 Å². The van der Waals surface area contributed by atoms with Gasteiger partial charge in [-0.3, -0.25) is 4.79 Å². The van der Waals surface area contributed by atoms with Crippen molar-refractivity contribution in [2.75, 3.05) is 13.1 Å². The average Bonchev–Trinajstić information content (AvgIpc) is 3.23. The molecule has 3 aromatic rings. The predicted octanol–water partition coefficient (Wildman–Crippen LogP) is 2.96. The fourth-order valence-electron chi connectivity index (χ4n) is 4.20. The van der Waals surface area contributed by atoms with Gasteiger partial charge in [-0.1, -0.05) is 18.2 Å². The largest absolute Gasteiger partial charge is 0.340 e. The molecule has 3 heterocycles. The molecule has 6 heteroatoms. The van der Waals surface area contributed by atoms with Crippen LogP contribution in [0, 0.1) is 18.3 Å². The zero-order valence-electron chi connectivity index (χ0n) is 15.7. The van der Waals surface area contributed by atoms with Crippen molar-refractivity contribution in [1.82, 2.24) is 19.0 Å². The highest BCUT2D eigenvalue weighted by atomic mass is 16.2. The minimum Gasteiger partial charge on any atom is -0.340 e. The van der Waals surface area contributed by atoms with Crippen LogP contribution in [0.1, 0.15) is 35.8 Å². The van der Waals surface area contributed by atoms with Crippen molar-refractivity contribution in [2.24, 2.45) is 7.05 Å². The third kappa shape index (κ3) is 2.99. The number of rotatable bonds is 3. The molecule has 1 aromatic carbocycles. The summed E-state index contributed by atoms with van der Waals surface area (Å²) in [5.74, 6) is 1.42. The molecule has 2 aromatic heterocycles. The summed E-state index contributed by atoms with van der Waals surface area (Å²) in [4.78, 5) is 19.5. The first-order valence-electron chi connectivity index (χ1n) is 9.33. The summed E-state index contributed by atoms with van der Waals surface area (Å²) in [6.07, 6.45) is 5.81. The van der Waals surface area contributed by atoms with Gasteiger partial charge >= 0.3 is 0 Å². The minimum absolute atomic E-state index is 0.0993. The van der Waals surface area contributed by atoms with E-state index in [1.807, 2.05) is 64.7 Å². The van der Waals surface area contributed by atoms with Gasteiger partial charge in [-0.15, -0.1) is 0 Å². The van der Waals surface area contributed by atoms with Crippen LogP contribution >= 0.6 is 0 Å². The predicted molar refractivity (Wildman–Crippen MR) is 103 cm³/mol. The van der Waals surface area contributed by atoms with E-state index < -0.39 is 0 Å². The molecule has 0 spiro atoms. The van der Waals surface area contributed by atoms with Gasteiger partial charge in [0.05, 0.1) is 11.1 Å². The molecule has 138 valence electrons. The second kappa shape index (κ2) is 6.92. The van der Waals surface area contributed by atoms with E-state index in [0.717, 1.165) is 41.8 Å². The van der Waals surface area contributed by atoms with Gasteiger partial charge in [-0.2, -0.15) is 5.26 Å². The summed E-state index contributed by atoms with van der Waals surface area (Å²) in [7, 11) is 2.00. The van der Waals surface area contributed by atoms with Crippen LogP contribution in [-0.2, 0) is 18.4 Å². The number of para-hydroxylation sites is 1. The van der Waals surface area contributed by atoms with Crippen LogP contribution in [0.5, 0.6) is 0 Å². The second-order valence-corrected chi connectivity index (χ2v) is 7.25. The van der Waals surface area contributed by atoms with Crippen LogP contribution in [0.2, 0.25) is 0 Å². The Morgan fingerprint density at radius 3 is 2.93 bits per heavy atom. The van der Waals surface area contributed by atoms with E-state index in [1.165, 1.54) is 0 Å². The number of imidazole rings is 1. The lowest BCUT2D eigenvalue weighted by Crippen LogP contribution is -2.41. The molecule has 1 amide bonds. The van der Waals surface area contributed by atoms with E-state index in [1.54, 1.807) is 0 Å². The molecule has 1 fully saturated rings. The van der Waals surface area contributed by atoms with Crippen molar-refractivity contribution in [2.45, 2.75) is 32.2 Å². The third-order valence-electron chi connectivity index (χ3n) is 5.63. The highest BCUT2D eigenvalue weighted by Crippen LogP contribution is 2.28. The van der Waals surface area contributed by atoms with Gasteiger partial charge in [0, 0.05) is 49.5 Å². The first-order valence-corrected chi connectivity index (χ1v) is 9.33. The number of fused-ring (bicyclic) bond motifs is 1. The number of amides is 1. The Hall–Kier alpha value is -3.07. The van der Waals surface area contributed by atoms with Crippen LogP contribution < -0.4 is 0 Å². The minimum atomic E-state index is 0.0993. The van der Waals surface area contributed by atoms with E-state index in [9.17, 15) is 10.1 Å². The lowest BCUT2D eigenvalue weighted by molar-refractivity contribution is -0.133. The highest BCUT2D eigenvalue weighted by molar-refractivity contribution is 5.89. The number of aromatic nitrogens is 3. The molecule has 1 aliphatic rings. The molecule has 0 bridgehead atoms. The van der Waals surface area contributed by atoms with E-state index in [2.05, 4.69) is 11.1 Å². The number of likely N-dealkylation sites (tertiary alicyclic amines) is 1. The van der Waals surface area contributed by atoms with E-state index in [4.69, 9.17) is 0 Å². The molecule has 1 saturated heterocycles. The van der Waals surface area contributed by atoms with Gasteiger partial charge in [0.15, 0.2) is 0 Å². The Balaban J connectivity index is 1.58. The Morgan fingerprint density at radius 1 is 1.37 bits per heavy atom. The topological polar surface area (TPSA) is 66.8 Å². The number of carbonyl (C=O) groups is 1. The fraction of sp³-hybridized carbons (Fsp3) is 0.381.